The molecule has 2 atom stereocenters. The van der Waals surface area contributed by atoms with Crippen LogP contribution in [0.15, 0.2) is 12.1 Å². The number of methoxy groups -OCH3 is 1. The number of sulfone groups is 1. The first-order chi connectivity index (χ1) is 8.72. The monoisotopic (exact) mass is 293 g/mol. The summed E-state index contributed by atoms with van der Waals surface area (Å²) >= 11 is 0. The summed E-state index contributed by atoms with van der Waals surface area (Å²) < 4.78 is 55.7. The van der Waals surface area contributed by atoms with Crippen molar-refractivity contribution in [1.29, 1.82) is 0 Å². The van der Waals surface area contributed by atoms with Gasteiger partial charge in [0.2, 0.25) is 0 Å². The number of ether oxygens (including phenoxy) is 1. The molecule has 1 aromatic carbocycles. The lowest BCUT2D eigenvalue weighted by atomic mass is 10.0. The number of nitrogens with one attached hydrogen (secondary N) is 1. The largest absolute Gasteiger partial charge is 0.497 e. The Bertz CT molecular complexity index is 537. The molecule has 0 saturated carbocycles. The Morgan fingerprint density at radius 3 is 2.05 bits per heavy atom. The van der Waals surface area contributed by atoms with Crippen molar-refractivity contribution >= 4 is 9.84 Å². The highest BCUT2D eigenvalue weighted by Gasteiger charge is 2.30. The third-order valence-corrected chi connectivity index (χ3v) is 4.68. The van der Waals surface area contributed by atoms with Crippen LogP contribution in [0.2, 0.25) is 0 Å². The fourth-order valence-electron chi connectivity index (χ4n) is 1.84. The van der Waals surface area contributed by atoms with Crippen LogP contribution in [0, 0.1) is 11.6 Å². The Hall–Kier alpha value is -1.21. The molecule has 2 unspecified atom stereocenters. The van der Waals surface area contributed by atoms with E-state index in [2.05, 4.69) is 5.32 Å². The maximum absolute atomic E-state index is 13.9. The van der Waals surface area contributed by atoms with Crippen LogP contribution in [-0.4, -0.2) is 34.1 Å². The molecule has 0 spiro atoms. The van der Waals surface area contributed by atoms with Crippen LogP contribution in [0.3, 0.4) is 0 Å². The lowest BCUT2D eigenvalue weighted by molar-refractivity contribution is 0.401. The Balaban J connectivity index is 3.34. The Morgan fingerprint density at radius 1 is 1.26 bits per heavy atom. The molecule has 0 saturated heterocycles. The highest BCUT2D eigenvalue weighted by atomic mass is 32.2. The van der Waals surface area contributed by atoms with E-state index >= 15 is 0 Å². The van der Waals surface area contributed by atoms with E-state index in [1.807, 2.05) is 0 Å². The molecule has 0 aliphatic heterocycles. The van der Waals surface area contributed by atoms with E-state index in [0.29, 0.717) is 0 Å². The maximum atomic E-state index is 13.9. The molecule has 0 heterocycles. The molecule has 4 nitrogen and oxygen atoms in total. The molecule has 1 N–H and O–H groups in total. The van der Waals surface area contributed by atoms with Gasteiger partial charge >= 0.3 is 0 Å². The Morgan fingerprint density at radius 2 is 1.74 bits per heavy atom. The molecule has 0 aliphatic carbocycles. The number of hydrogen-bond donors (Lipinski definition) is 1. The van der Waals surface area contributed by atoms with Gasteiger partial charge in [-0.3, -0.25) is 0 Å². The first kappa shape index (κ1) is 15.8. The Labute approximate surface area is 111 Å². The molecule has 0 amide bonds. The van der Waals surface area contributed by atoms with Crippen LogP contribution >= 0.6 is 0 Å². The molecule has 1 aromatic rings. The minimum Gasteiger partial charge on any atom is -0.497 e. The standard InChI is InChI=1S/C12H17F2NO3S/c1-7(19(4,16)17)12(15-2)11-9(13)5-8(18-3)6-10(11)14/h5-7,12,15H,1-4H3. The van der Waals surface area contributed by atoms with Gasteiger partial charge in [-0.2, -0.15) is 0 Å². The lowest BCUT2D eigenvalue weighted by Gasteiger charge is -2.23. The van der Waals surface area contributed by atoms with Crippen LogP contribution in [0.1, 0.15) is 18.5 Å². The predicted octanol–water partition coefficient (Wildman–Crippen LogP) is 1.67. The third-order valence-electron chi connectivity index (χ3n) is 3.06. The number of rotatable bonds is 5. The summed E-state index contributed by atoms with van der Waals surface area (Å²) in [7, 11) is -0.691. The molecule has 0 bridgehead atoms. The molecular weight excluding hydrogens is 276 g/mol. The van der Waals surface area contributed by atoms with Crippen LogP contribution in [0.25, 0.3) is 0 Å². The fourth-order valence-corrected chi connectivity index (χ4v) is 2.60. The summed E-state index contributed by atoms with van der Waals surface area (Å²) in [5, 5.41) is 1.68. The van der Waals surface area contributed by atoms with Crippen molar-refractivity contribution in [2.24, 2.45) is 0 Å². The van der Waals surface area contributed by atoms with E-state index in [0.717, 1.165) is 18.4 Å². The topological polar surface area (TPSA) is 55.4 Å². The first-order valence-corrected chi connectivity index (χ1v) is 7.56. The number of halogens is 2. The van der Waals surface area contributed by atoms with Crippen molar-refractivity contribution < 1.29 is 21.9 Å². The van der Waals surface area contributed by atoms with Crippen LogP contribution in [-0.2, 0) is 9.84 Å². The highest BCUT2D eigenvalue weighted by Crippen LogP contribution is 2.29. The van der Waals surface area contributed by atoms with E-state index in [1.165, 1.54) is 21.1 Å². The van der Waals surface area contributed by atoms with Crippen molar-refractivity contribution in [1.82, 2.24) is 5.32 Å². The van der Waals surface area contributed by atoms with Gasteiger partial charge < -0.3 is 10.1 Å². The third kappa shape index (κ3) is 3.42. The van der Waals surface area contributed by atoms with Crippen LogP contribution in [0.5, 0.6) is 5.75 Å². The second-order valence-electron chi connectivity index (χ2n) is 4.31. The van der Waals surface area contributed by atoms with E-state index in [9.17, 15) is 17.2 Å². The Kier molecular flexibility index (Phi) is 4.86. The first-order valence-electron chi connectivity index (χ1n) is 5.61. The van der Waals surface area contributed by atoms with Gasteiger partial charge in [-0.05, 0) is 14.0 Å². The van der Waals surface area contributed by atoms with E-state index in [-0.39, 0.29) is 11.3 Å². The van der Waals surface area contributed by atoms with Crippen molar-refractivity contribution in [2.75, 3.05) is 20.4 Å². The average Bonchev–Trinajstić information content (AvgIpc) is 2.31. The van der Waals surface area contributed by atoms with Gasteiger partial charge in [0, 0.05) is 24.0 Å². The lowest BCUT2D eigenvalue weighted by Crippen LogP contribution is -2.34. The molecule has 0 aromatic heterocycles. The SMILES string of the molecule is CNC(c1c(F)cc(OC)cc1F)C(C)S(C)(=O)=O. The van der Waals surface area contributed by atoms with E-state index in [1.54, 1.807) is 0 Å². The number of benzene rings is 1. The van der Waals surface area contributed by atoms with Gasteiger partial charge in [-0.1, -0.05) is 0 Å². The van der Waals surface area contributed by atoms with Crippen molar-refractivity contribution in [3.05, 3.63) is 29.3 Å². The van der Waals surface area contributed by atoms with Gasteiger partial charge in [-0.25, -0.2) is 17.2 Å². The van der Waals surface area contributed by atoms with Gasteiger partial charge in [0.25, 0.3) is 0 Å². The zero-order valence-corrected chi connectivity index (χ0v) is 12.0. The maximum Gasteiger partial charge on any atom is 0.151 e. The minimum atomic E-state index is -3.44. The molecule has 0 aliphatic rings. The summed E-state index contributed by atoms with van der Waals surface area (Å²) in [4.78, 5) is 0. The van der Waals surface area contributed by atoms with Gasteiger partial charge in [-0.15, -0.1) is 0 Å². The quantitative estimate of drug-likeness (QED) is 0.897. The molecule has 1 rings (SSSR count). The summed E-state index contributed by atoms with van der Waals surface area (Å²) in [5.74, 6) is -1.64. The molecule has 19 heavy (non-hydrogen) atoms. The highest BCUT2D eigenvalue weighted by molar-refractivity contribution is 7.91. The second-order valence-corrected chi connectivity index (χ2v) is 6.71. The fraction of sp³-hybridized carbons (Fsp3) is 0.500. The molecule has 7 heteroatoms. The van der Waals surface area contributed by atoms with Crippen LogP contribution in [0.4, 0.5) is 8.78 Å². The van der Waals surface area contributed by atoms with Gasteiger partial charge in [0.05, 0.1) is 18.4 Å². The normalized spacial score (nSPS) is 15.1. The second kappa shape index (κ2) is 5.83. The van der Waals surface area contributed by atoms with E-state index in [4.69, 9.17) is 4.74 Å². The smallest absolute Gasteiger partial charge is 0.151 e. The molecular formula is C12H17F2NO3S. The summed E-state index contributed by atoms with van der Waals surface area (Å²) in [6.45, 7) is 1.40. The molecule has 108 valence electrons. The molecule has 0 radical (unpaired) electrons. The van der Waals surface area contributed by atoms with Gasteiger partial charge in [0.15, 0.2) is 9.84 Å². The number of hydrogen-bond acceptors (Lipinski definition) is 4. The minimum absolute atomic E-state index is 0.0422. The average molecular weight is 293 g/mol. The van der Waals surface area contributed by atoms with Crippen molar-refractivity contribution in [3.8, 4) is 5.75 Å². The predicted molar refractivity (Wildman–Crippen MR) is 69.0 cm³/mol. The summed E-state index contributed by atoms with van der Waals surface area (Å²) in [6, 6.07) is 1.08. The van der Waals surface area contributed by atoms with E-state index < -0.39 is 32.8 Å². The molecule has 0 fully saturated rings. The summed E-state index contributed by atoms with van der Waals surface area (Å²) in [5.41, 5.74) is -0.304. The van der Waals surface area contributed by atoms with Crippen molar-refractivity contribution in [2.45, 2.75) is 18.2 Å². The van der Waals surface area contributed by atoms with Gasteiger partial charge in [0.1, 0.15) is 17.4 Å². The zero-order valence-electron chi connectivity index (χ0n) is 11.2. The van der Waals surface area contributed by atoms with Crippen LogP contribution < -0.4 is 10.1 Å². The van der Waals surface area contributed by atoms with Crippen molar-refractivity contribution in [3.63, 3.8) is 0 Å². The zero-order chi connectivity index (χ0) is 14.8. The summed E-state index contributed by atoms with van der Waals surface area (Å²) in [6.07, 6.45) is 1.03.